The third kappa shape index (κ3) is 2.66. The van der Waals surface area contributed by atoms with Crippen molar-refractivity contribution in [1.29, 1.82) is 0 Å². The molecule has 0 saturated carbocycles. The van der Waals surface area contributed by atoms with E-state index in [0.29, 0.717) is 0 Å². The van der Waals surface area contributed by atoms with E-state index >= 15 is 0 Å². The molecule has 1 aliphatic heterocycles. The number of nitrogens with two attached hydrogens (primary N) is 1. The van der Waals surface area contributed by atoms with E-state index < -0.39 is 0 Å². The molecule has 0 amide bonds. The summed E-state index contributed by atoms with van der Waals surface area (Å²) in [4.78, 5) is 11.3. The van der Waals surface area contributed by atoms with Crippen molar-refractivity contribution >= 4 is 11.8 Å². The van der Waals surface area contributed by atoms with Crippen LogP contribution in [0.5, 0.6) is 0 Å². The van der Waals surface area contributed by atoms with Gasteiger partial charge in [-0.3, -0.25) is 0 Å². The minimum absolute atomic E-state index is 0.733. The molecule has 1 aromatic rings. The van der Waals surface area contributed by atoms with Crippen molar-refractivity contribution in [3.8, 4) is 0 Å². The number of hydrogen-bond acceptors (Lipinski definition) is 5. The Kier molecular flexibility index (Phi) is 3.78. The van der Waals surface area contributed by atoms with Crippen LogP contribution in [0.15, 0.2) is 0 Å². The molecule has 2 rings (SSSR count). The van der Waals surface area contributed by atoms with Gasteiger partial charge in [-0.2, -0.15) is 4.98 Å². The minimum Gasteiger partial charge on any atom is -0.341 e. The summed E-state index contributed by atoms with van der Waals surface area (Å²) >= 11 is 0. The van der Waals surface area contributed by atoms with Crippen molar-refractivity contribution in [3.05, 3.63) is 11.3 Å². The van der Waals surface area contributed by atoms with Crippen molar-refractivity contribution < 1.29 is 0 Å². The van der Waals surface area contributed by atoms with Gasteiger partial charge in [0.2, 0.25) is 5.95 Å². The van der Waals surface area contributed by atoms with Gasteiger partial charge in [0.15, 0.2) is 0 Å². The fraction of sp³-hybridized carbons (Fsp3) is 0.667. The molecule has 0 atom stereocenters. The van der Waals surface area contributed by atoms with E-state index in [2.05, 4.69) is 20.3 Å². The average molecular weight is 235 g/mol. The second-order valence-corrected chi connectivity index (χ2v) is 4.63. The van der Waals surface area contributed by atoms with E-state index in [1.54, 1.807) is 0 Å². The maximum absolute atomic E-state index is 5.49. The summed E-state index contributed by atoms with van der Waals surface area (Å²) in [6, 6.07) is 0. The van der Waals surface area contributed by atoms with E-state index in [1.807, 2.05) is 13.8 Å². The van der Waals surface area contributed by atoms with Crippen LogP contribution in [0.3, 0.4) is 0 Å². The Morgan fingerprint density at radius 2 is 1.71 bits per heavy atom. The lowest BCUT2D eigenvalue weighted by atomic mass is 10.2. The quantitative estimate of drug-likeness (QED) is 0.604. The molecular formula is C12H21N5. The zero-order valence-corrected chi connectivity index (χ0v) is 10.7. The molecule has 1 fully saturated rings. The molecule has 17 heavy (non-hydrogen) atoms. The van der Waals surface area contributed by atoms with Gasteiger partial charge < -0.3 is 10.3 Å². The van der Waals surface area contributed by atoms with Gasteiger partial charge >= 0.3 is 0 Å². The summed E-state index contributed by atoms with van der Waals surface area (Å²) in [5, 5.41) is 0. The molecule has 0 spiro atoms. The van der Waals surface area contributed by atoms with Gasteiger partial charge in [-0.25, -0.2) is 10.8 Å². The number of aromatic nitrogens is 2. The first-order valence-corrected chi connectivity index (χ1v) is 6.29. The lowest BCUT2D eigenvalue weighted by Gasteiger charge is -2.21. The number of aryl methyl sites for hydroxylation is 1. The summed E-state index contributed by atoms with van der Waals surface area (Å²) in [6.45, 7) is 6.08. The number of rotatable bonds is 2. The highest BCUT2D eigenvalue weighted by Gasteiger charge is 2.15. The number of hydrogen-bond donors (Lipinski definition) is 2. The SMILES string of the molecule is Cc1nc(N2CCCCCC2)nc(NN)c1C. The van der Waals surface area contributed by atoms with E-state index in [4.69, 9.17) is 5.84 Å². The summed E-state index contributed by atoms with van der Waals surface area (Å²) in [5.74, 6) is 7.03. The molecule has 0 radical (unpaired) electrons. The van der Waals surface area contributed by atoms with Crippen LogP contribution in [0.25, 0.3) is 0 Å². The molecule has 0 unspecified atom stereocenters. The largest absolute Gasteiger partial charge is 0.341 e. The first-order valence-electron chi connectivity index (χ1n) is 6.29. The number of hydrazine groups is 1. The molecule has 5 heteroatoms. The molecule has 3 N–H and O–H groups in total. The van der Waals surface area contributed by atoms with Crippen LogP contribution < -0.4 is 16.2 Å². The number of anilines is 2. The van der Waals surface area contributed by atoms with E-state index in [0.717, 1.165) is 36.1 Å². The second kappa shape index (κ2) is 5.31. The molecule has 0 bridgehead atoms. The van der Waals surface area contributed by atoms with Crippen LogP contribution in [0, 0.1) is 13.8 Å². The normalized spacial score (nSPS) is 16.8. The first kappa shape index (κ1) is 12.1. The molecule has 1 saturated heterocycles. The summed E-state index contributed by atoms with van der Waals surface area (Å²) in [6.07, 6.45) is 5.07. The number of nitrogen functional groups attached to an aromatic ring is 1. The zero-order valence-electron chi connectivity index (χ0n) is 10.7. The van der Waals surface area contributed by atoms with Crippen molar-refractivity contribution in [1.82, 2.24) is 9.97 Å². The Balaban J connectivity index is 2.27. The van der Waals surface area contributed by atoms with Gasteiger partial charge in [-0.1, -0.05) is 12.8 Å². The zero-order chi connectivity index (χ0) is 12.3. The average Bonchev–Trinajstić information content (AvgIpc) is 2.61. The highest BCUT2D eigenvalue weighted by Crippen LogP contribution is 2.21. The van der Waals surface area contributed by atoms with Crippen molar-refractivity contribution in [2.45, 2.75) is 39.5 Å². The molecule has 0 aromatic carbocycles. The van der Waals surface area contributed by atoms with Crippen LogP contribution >= 0.6 is 0 Å². The van der Waals surface area contributed by atoms with Gasteiger partial charge in [0.25, 0.3) is 0 Å². The van der Waals surface area contributed by atoms with Crippen LogP contribution in [0.2, 0.25) is 0 Å². The summed E-state index contributed by atoms with van der Waals surface area (Å²) in [7, 11) is 0. The summed E-state index contributed by atoms with van der Waals surface area (Å²) in [5.41, 5.74) is 4.67. The van der Waals surface area contributed by atoms with Crippen molar-refractivity contribution in [3.63, 3.8) is 0 Å². The van der Waals surface area contributed by atoms with Gasteiger partial charge in [-0.05, 0) is 26.7 Å². The highest BCUT2D eigenvalue weighted by molar-refractivity contribution is 5.49. The molecule has 2 heterocycles. The Bertz CT molecular complexity index is 383. The lowest BCUT2D eigenvalue weighted by molar-refractivity contribution is 0.726. The standard InChI is InChI=1S/C12H21N5/c1-9-10(2)14-12(15-11(9)16-13)17-7-5-3-4-6-8-17/h3-8,13H2,1-2H3,(H,14,15,16). The van der Waals surface area contributed by atoms with Crippen LogP contribution in [-0.4, -0.2) is 23.1 Å². The number of nitrogens with zero attached hydrogens (tertiary/aromatic N) is 3. The third-order valence-corrected chi connectivity index (χ3v) is 3.40. The Morgan fingerprint density at radius 3 is 2.29 bits per heavy atom. The maximum Gasteiger partial charge on any atom is 0.227 e. The van der Waals surface area contributed by atoms with Crippen LogP contribution in [0.4, 0.5) is 11.8 Å². The van der Waals surface area contributed by atoms with Gasteiger partial charge in [0, 0.05) is 24.3 Å². The molecule has 0 aliphatic carbocycles. The second-order valence-electron chi connectivity index (χ2n) is 4.63. The molecule has 1 aromatic heterocycles. The number of nitrogens with one attached hydrogen (secondary N) is 1. The van der Waals surface area contributed by atoms with Gasteiger partial charge in [-0.15, -0.1) is 0 Å². The Labute approximate surface area is 102 Å². The smallest absolute Gasteiger partial charge is 0.227 e. The highest BCUT2D eigenvalue weighted by atomic mass is 15.3. The molecular weight excluding hydrogens is 214 g/mol. The van der Waals surface area contributed by atoms with E-state index in [9.17, 15) is 0 Å². The minimum atomic E-state index is 0.733. The lowest BCUT2D eigenvalue weighted by Crippen LogP contribution is -2.27. The monoisotopic (exact) mass is 235 g/mol. The van der Waals surface area contributed by atoms with Crippen molar-refractivity contribution in [2.75, 3.05) is 23.4 Å². The Morgan fingerprint density at radius 1 is 1.06 bits per heavy atom. The molecule has 5 nitrogen and oxygen atoms in total. The van der Waals surface area contributed by atoms with Gasteiger partial charge in [0.1, 0.15) is 5.82 Å². The fourth-order valence-corrected chi connectivity index (χ4v) is 2.17. The Hall–Kier alpha value is -1.36. The molecule has 1 aliphatic rings. The molecule has 94 valence electrons. The van der Waals surface area contributed by atoms with Crippen molar-refractivity contribution in [2.24, 2.45) is 5.84 Å². The fourth-order valence-electron chi connectivity index (χ4n) is 2.17. The maximum atomic E-state index is 5.49. The third-order valence-electron chi connectivity index (χ3n) is 3.40. The van der Waals surface area contributed by atoms with E-state index in [1.165, 1.54) is 25.7 Å². The predicted molar refractivity (Wildman–Crippen MR) is 70.0 cm³/mol. The van der Waals surface area contributed by atoms with Crippen LogP contribution in [0.1, 0.15) is 36.9 Å². The van der Waals surface area contributed by atoms with Gasteiger partial charge in [0.05, 0.1) is 0 Å². The predicted octanol–water partition coefficient (Wildman–Crippen LogP) is 1.76. The summed E-state index contributed by atoms with van der Waals surface area (Å²) < 4.78 is 0. The van der Waals surface area contributed by atoms with Crippen LogP contribution in [-0.2, 0) is 0 Å². The van der Waals surface area contributed by atoms with E-state index in [-0.39, 0.29) is 0 Å². The topological polar surface area (TPSA) is 67.1 Å². The first-order chi connectivity index (χ1) is 8.22.